The first-order chi connectivity index (χ1) is 5.68. The molecular weight excluding hydrogens is 150 g/mol. The Balaban J connectivity index is 2.36. The van der Waals surface area contributed by atoms with Crippen LogP contribution in [0.2, 0.25) is 0 Å². The Morgan fingerprint density at radius 1 is 0.833 bits per heavy atom. The Hall–Kier alpha value is -0.120. The molecule has 0 aromatic carbocycles. The van der Waals surface area contributed by atoms with E-state index in [0.717, 1.165) is 0 Å². The van der Waals surface area contributed by atoms with Crippen LogP contribution in [0.5, 0.6) is 0 Å². The van der Waals surface area contributed by atoms with Crippen LogP contribution in [0.25, 0.3) is 0 Å². The molecular formula is C9H23N3+2. The Bertz CT molecular complexity index is 91.2. The van der Waals surface area contributed by atoms with Gasteiger partial charge in [0.2, 0.25) is 0 Å². The van der Waals surface area contributed by atoms with E-state index in [0.29, 0.717) is 0 Å². The topological polar surface area (TPSA) is 12.1 Å². The number of hydrogen-bond donors (Lipinski definition) is 2. The Kier molecular flexibility index (Phi) is 3.98. The molecule has 3 heteroatoms. The number of nitrogens with zero attached hydrogens (tertiary/aromatic N) is 1. The van der Waals surface area contributed by atoms with E-state index in [9.17, 15) is 0 Å². The molecule has 0 spiro atoms. The van der Waals surface area contributed by atoms with Crippen LogP contribution in [-0.4, -0.2) is 65.3 Å². The Morgan fingerprint density at radius 3 is 1.67 bits per heavy atom. The average molecular weight is 173 g/mol. The van der Waals surface area contributed by atoms with Gasteiger partial charge in [0.15, 0.2) is 0 Å². The summed E-state index contributed by atoms with van der Waals surface area (Å²) in [4.78, 5) is 5.78. The van der Waals surface area contributed by atoms with Crippen LogP contribution in [0.15, 0.2) is 0 Å². The minimum atomic E-state index is 1.25. The zero-order valence-electron chi connectivity index (χ0n) is 8.69. The van der Waals surface area contributed by atoms with Gasteiger partial charge in [-0.25, -0.2) is 0 Å². The lowest BCUT2D eigenvalue weighted by Gasteiger charge is -2.15. The maximum Gasteiger partial charge on any atom is 0.127 e. The molecule has 0 aromatic rings. The van der Waals surface area contributed by atoms with E-state index in [-0.39, 0.29) is 0 Å². The molecule has 12 heavy (non-hydrogen) atoms. The smallest absolute Gasteiger partial charge is 0.127 e. The molecule has 1 fully saturated rings. The fraction of sp³-hybridized carbons (Fsp3) is 1.00. The van der Waals surface area contributed by atoms with E-state index in [4.69, 9.17) is 0 Å². The maximum absolute atomic E-state index is 2.44. The maximum atomic E-state index is 2.44. The summed E-state index contributed by atoms with van der Waals surface area (Å²) in [5.41, 5.74) is 0. The predicted octanol–water partition coefficient (Wildman–Crippen LogP) is -3.04. The summed E-state index contributed by atoms with van der Waals surface area (Å²) in [7, 11) is 6.82. The molecule has 3 nitrogen and oxygen atoms in total. The fourth-order valence-corrected chi connectivity index (χ4v) is 1.55. The van der Waals surface area contributed by atoms with Gasteiger partial charge in [-0.1, -0.05) is 0 Å². The standard InChI is InChI=1S/C9H21N3/c1-10-4-6-11(2)8-9-12(3)7-5-10/h4-9H2,1-3H3/p+2. The molecule has 2 N–H and O–H groups in total. The molecule has 1 aliphatic rings. The first-order valence-corrected chi connectivity index (χ1v) is 4.99. The van der Waals surface area contributed by atoms with Crippen molar-refractivity contribution in [3.63, 3.8) is 0 Å². The van der Waals surface area contributed by atoms with Crippen LogP contribution >= 0.6 is 0 Å². The molecule has 1 heterocycles. The summed E-state index contributed by atoms with van der Waals surface area (Å²) in [5.74, 6) is 0. The van der Waals surface area contributed by atoms with Gasteiger partial charge in [0.1, 0.15) is 13.1 Å². The largest absolute Gasteiger partial charge is 0.332 e. The Morgan fingerprint density at radius 2 is 1.25 bits per heavy atom. The van der Waals surface area contributed by atoms with E-state index in [1.807, 2.05) is 0 Å². The predicted molar refractivity (Wildman–Crippen MR) is 50.7 cm³/mol. The van der Waals surface area contributed by atoms with Gasteiger partial charge in [0.05, 0.1) is 27.2 Å². The van der Waals surface area contributed by atoms with Gasteiger partial charge in [0, 0.05) is 13.1 Å². The van der Waals surface area contributed by atoms with Crippen LogP contribution in [0.3, 0.4) is 0 Å². The minimum Gasteiger partial charge on any atom is -0.332 e. The van der Waals surface area contributed by atoms with Crippen LogP contribution in [0.4, 0.5) is 0 Å². The molecule has 2 unspecified atom stereocenters. The van der Waals surface area contributed by atoms with Crippen LogP contribution in [0, 0.1) is 0 Å². The third-order valence-electron chi connectivity index (χ3n) is 2.82. The molecule has 0 radical (unpaired) electrons. The summed E-state index contributed by atoms with van der Waals surface area (Å²) in [6.07, 6.45) is 0. The number of likely N-dealkylation sites (N-methyl/N-ethyl adjacent to an activating group) is 3. The van der Waals surface area contributed by atoms with Gasteiger partial charge in [-0.2, -0.15) is 0 Å². The number of nitrogens with one attached hydrogen (secondary N) is 2. The van der Waals surface area contributed by atoms with Gasteiger partial charge in [0.25, 0.3) is 0 Å². The van der Waals surface area contributed by atoms with E-state index in [2.05, 4.69) is 26.0 Å². The SMILES string of the molecule is CN1CC[NH+](C)CC[NH+](C)CC1. The van der Waals surface area contributed by atoms with Crippen LogP contribution < -0.4 is 9.80 Å². The zero-order chi connectivity index (χ0) is 8.97. The number of hydrogen-bond acceptors (Lipinski definition) is 1. The minimum absolute atomic E-state index is 1.25. The second-order valence-corrected chi connectivity index (χ2v) is 4.22. The molecule has 1 rings (SSSR count). The quantitative estimate of drug-likeness (QED) is 0.397. The highest BCUT2D eigenvalue weighted by atomic mass is 15.2. The van der Waals surface area contributed by atoms with Crippen molar-refractivity contribution in [2.45, 2.75) is 0 Å². The van der Waals surface area contributed by atoms with Gasteiger partial charge >= 0.3 is 0 Å². The second-order valence-electron chi connectivity index (χ2n) is 4.22. The van der Waals surface area contributed by atoms with Crippen molar-refractivity contribution >= 4 is 0 Å². The third kappa shape index (κ3) is 3.52. The summed E-state index contributed by atoms with van der Waals surface area (Å²) in [6.45, 7) is 7.73. The first-order valence-electron chi connectivity index (χ1n) is 4.99. The van der Waals surface area contributed by atoms with Crippen molar-refractivity contribution < 1.29 is 9.80 Å². The van der Waals surface area contributed by atoms with E-state index in [1.165, 1.54) is 39.3 Å². The van der Waals surface area contributed by atoms with Crippen molar-refractivity contribution in [2.24, 2.45) is 0 Å². The van der Waals surface area contributed by atoms with Gasteiger partial charge in [-0.3, -0.25) is 4.90 Å². The highest BCUT2D eigenvalue weighted by Crippen LogP contribution is 1.76. The summed E-state index contributed by atoms with van der Waals surface area (Å²) < 4.78 is 0. The summed E-state index contributed by atoms with van der Waals surface area (Å²) in [5, 5.41) is 0. The molecule has 0 amide bonds. The van der Waals surface area contributed by atoms with Crippen molar-refractivity contribution in [1.29, 1.82) is 0 Å². The molecule has 0 bridgehead atoms. The lowest BCUT2D eigenvalue weighted by atomic mass is 10.5. The van der Waals surface area contributed by atoms with Crippen molar-refractivity contribution in [3.8, 4) is 0 Å². The molecule has 0 aliphatic carbocycles. The number of rotatable bonds is 0. The third-order valence-corrected chi connectivity index (χ3v) is 2.82. The molecule has 0 saturated carbocycles. The van der Waals surface area contributed by atoms with Crippen molar-refractivity contribution in [2.75, 3.05) is 60.4 Å². The lowest BCUT2D eigenvalue weighted by molar-refractivity contribution is -0.935. The van der Waals surface area contributed by atoms with E-state index >= 15 is 0 Å². The Labute approximate surface area is 75.9 Å². The highest BCUT2D eigenvalue weighted by molar-refractivity contribution is 4.48. The average Bonchev–Trinajstić information content (AvgIpc) is 2.11. The molecule has 2 atom stereocenters. The fourth-order valence-electron chi connectivity index (χ4n) is 1.55. The van der Waals surface area contributed by atoms with Gasteiger partial charge < -0.3 is 9.80 Å². The van der Waals surface area contributed by atoms with Crippen LogP contribution in [-0.2, 0) is 0 Å². The molecule has 72 valence electrons. The van der Waals surface area contributed by atoms with Gasteiger partial charge in [-0.15, -0.1) is 0 Å². The summed E-state index contributed by atoms with van der Waals surface area (Å²) >= 11 is 0. The van der Waals surface area contributed by atoms with E-state index in [1.54, 1.807) is 9.80 Å². The van der Waals surface area contributed by atoms with Crippen molar-refractivity contribution in [3.05, 3.63) is 0 Å². The number of quaternary nitrogens is 2. The first kappa shape index (κ1) is 9.96. The second kappa shape index (κ2) is 4.80. The highest BCUT2D eigenvalue weighted by Gasteiger charge is 2.12. The zero-order valence-corrected chi connectivity index (χ0v) is 8.69. The van der Waals surface area contributed by atoms with Crippen molar-refractivity contribution in [1.82, 2.24) is 4.90 Å². The monoisotopic (exact) mass is 173 g/mol. The van der Waals surface area contributed by atoms with Gasteiger partial charge in [-0.05, 0) is 7.05 Å². The normalized spacial score (nSPS) is 35.2. The molecule has 1 saturated heterocycles. The summed E-state index contributed by atoms with van der Waals surface area (Å²) in [6, 6.07) is 0. The molecule has 1 aliphatic heterocycles. The lowest BCUT2D eigenvalue weighted by Crippen LogP contribution is -3.17. The van der Waals surface area contributed by atoms with E-state index < -0.39 is 0 Å². The molecule has 0 aromatic heterocycles. The van der Waals surface area contributed by atoms with Crippen LogP contribution in [0.1, 0.15) is 0 Å².